The Kier molecular flexibility index (Phi) is 6.01. The predicted molar refractivity (Wildman–Crippen MR) is 73.8 cm³/mol. The molecule has 1 N–H and O–H groups in total. The molecule has 0 aliphatic rings. The van der Waals surface area contributed by atoms with Crippen molar-refractivity contribution in [2.24, 2.45) is 0 Å². The van der Waals surface area contributed by atoms with Gasteiger partial charge in [-0.1, -0.05) is 23.7 Å². The third-order valence-electron chi connectivity index (χ3n) is 2.51. The molecule has 106 valence electrons. The first-order valence-corrected chi connectivity index (χ1v) is 6.42. The van der Waals surface area contributed by atoms with Crippen LogP contribution in [0.3, 0.4) is 0 Å². The molecule has 2 unspecified atom stereocenters. The molecule has 1 rings (SSSR count). The van der Waals surface area contributed by atoms with Crippen molar-refractivity contribution in [2.45, 2.75) is 32.4 Å². The predicted octanol–water partition coefficient (Wildman–Crippen LogP) is 2.36. The maximum absolute atomic E-state index is 11.7. The molecular formula is C14H15ClN2O3. The number of carbonyl (C=O) groups is 2. The summed E-state index contributed by atoms with van der Waals surface area (Å²) in [5.74, 6) is -0.807. The molecule has 1 aromatic carbocycles. The number of hydrogen-bond donors (Lipinski definition) is 1. The molecule has 0 spiro atoms. The van der Waals surface area contributed by atoms with Crippen LogP contribution < -0.4 is 5.32 Å². The molecule has 5 nitrogen and oxygen atoms in total. The Balaban J connectivity index is 2.80. The van der Waals surface area contributed by atoms with Crippen LogP contribution in [0, 0.1) is 11.3 Å². The fraction of sp³-hybridized carbons (Fsp3) is 0.357. The first kappa shape index (κ1) is 16.0. The second kappa shape index (κ2) is 7.51. The van der Waals surface area contributed by atoms with Crippen molar-refractivity contribution in [3.05, 3.63) is 34.9 Å². The average molecular weight is 295 g/mol. The van der Waals surface area contributed by atoms with Crippen molar-refractivity contribution in [1.82, 2.24) is 5.32 Å². The Bertz CT molecular complexity index is 522. The zero-order chi connectivity index (χ0) is 15.1. The quantitative estimate of drug-likeness (QED) is 0.846. The van der Waals surface area contributed by atoms with E-state index < -0.39 is 18.1 Å². The van der Waals surface area contributed by atoms with E-state index in [1.54, 1.807) is 24.3 Å². The van der Waals surface area contributed by atoms with Gasteiger partial charge < -0.3 is 10.1 Å². The maximum Gasteiger partial charge on any atom is 0.309 e. The van der Waals surface area contributed by atoms with Gasteiger partial charge in [0.1, 0.15) is 6.07 Å². The summed E-state index contributed by atoms with van der Waals surface area (Å²) in [6, 6.07) is 8.10. The van der Waals surface area contributed by atoms with Crippen LogP contribution >= 0.6 is 11.6 Å². The molecule has 1 amide bonds. The molecule has 0 radical (unpaired) electrons. The van der Waals surface area contributed by atoms with Crippen LogP contribution in [0.25, 0.3) is 0 Å². The van der Waals surface area contributed by atoms with E-state index in [2.05, 4.69) is 5.32 Å². The van der Waals surface area contributed by atoms with Gasteiger partial charge in [0, 0.05) is 11.9 Å². The lowest BCUT2D eigenvalue weighted by Crippen LogP contribution is -2.29. The number of rotatable bonds is 5. The Morgan fingerprint density at radius 2 is 2.00 bits per heavy atom. The molecule has 6 heteroatoms. The molecular weight excluding hydrogens is 280 g/mol. The molecule has 0 heterocycles. The highest BCUT2D eigenvalue weighted by Crippen LogP contribution is 2.20. The van der Waals surface area contributed by atoms with Gasteiger partial charge in [-0.15, -0.1) is 0 Å². The van der Waals surface area contributed by atoms with Crippen LogP contribution in [-0.4, -0.2) is 18.0 Å². The van der Waals surface area contributed by atoms with E-state index in [-0.39, 0.29) is 12.3 Å². The molecule has 0 aliphatic carbocycles. The highest BCUT2D eigenvalue weighted by atomic mass is 35.5. The first-order valence-electron chi connectivity index (χ1n) is 6.04. The third kappa shape index (κ3) is 5.29. The smallest absolute Gasteiger partial charge is 0.309 e. The normalized spacial score (nSPS) is 12.9. The van der Waals surface area contributed by atoms with Crippen molar-refractivity contribution >= 4 is 23.5 Å². The molecule has 2 atom stereocenters. The van der Waals surface area contributed by atoms with Crippen molar-refractivity contribution in [3.8, 4) is 6.07 Å². The Morgan fingerprint density at radius 1 is 1.40 bits per heavy atom. The zero-order valence-corrected chi connectivity index (χ0v) is 12.0. The molecule has 0 bridgehead atoms. The number of ether oxygens (including phenoxy) is 1. The molecule has 1 aromatic rings. The van der Waals surface area contributed by atoms with Crippen LogP contribution in [0.1, 0.15) is 31.9 Å². The number of hydrogen-bond acceptors (Lipinski definition) is 4. The summed E-state index contributed by atoms with van der Waals surface area (Å²) >= 11 is 5.80. The van der Waals surface area contributed by atoms with Gasteiger partial charge in [0.2, 0.25) is 5.91 Å². The van der Waals surface area contributed by atoms with E-state index in [0.717, 1.165) is 5.56 Å². The van der Waals surface area contributed by atoms with Crippen LogP contribution in [0.2, 0.25) is 5.02 Å². The number of nitriles is 1. The number of carbonyl (C=O) groups excluding carboxylic acids is 2. The second-order valence-electron chi connectivity index (χ2n) is 4.27. The second-order valence-corrected chi connectivity index (χ2v) is 4.71. The number of benzene rings is 1. The summed E-state index contributed by atoms with van der Waals surface area (Å²) in [5.41, 5.74) is 0.742. The highest BCUT2D eigenvalue weighted by molar-refractivity contribution is 6.30. The van der Waals surface area contributed by atoms with E-state index >= 15 is 0 Å². The standard InChI is InChI=1S/C14H15ClN2O3/c1-9(8-16)20-14(19)7-13(17-10(2)18)11-3-5-12(15)6-4-11/h3-6,9,13H,7H2,1-2H3,(H,17,18). The topological polar surface area (TPSA) is 79.2 Å². The van der Waals surface area contributed by atoms with E-state index in [9.17, 15) is 9.59 Å². The Labute approximate surface area is 122 Å². The molecule has 0 aliphatic heterocycles. The summed E-state index contributed by atoms with van der Waals surface area (Å²) in [6.45, 7) is 2.85. The van der Waals surface area contributed by atoms with E-state index in [0.29, 0.717) is 5.02 Å². The summed E-state index contributed by atoms with van der Waals surface area (Å²) in [5, 5.41) is 11.8. The van der Waals surface area contributed by atoms with Gasteiger partial charge in [0.05, 0.1) is 12.5 Å². The molecule has 0 saturated heterocycles. The maximum atomic E-state index is 11.7. The van der Waals surface area contributed by atoms with Crippen molar-refractivity contribution in [2.75, 3.05) is 0 Å². The number of nitrogens with one attached hydrogen (secondary N) is 1. The van der Waals surface area contributed by atoms with Gasteiger partial charge in [0.15, 0.2) is 6.10 Å². The van der Waals surface area contributed by atoms with Gasteiger partial charge in [-0.3, -0.25) is 9.59 Å². The number of amides is 1. The van der Waals surface area contributed by atoms with Gasteiger partial charge in [-0.05, 0) is 24.6 Å². The van der Waals surface area contributed by atoms with Gasteiger partial charge in [-0.25, -0.2) is 0 Å². The van der Waals surface area contributed by atoms with E-state index in [4.69, 9.17) is 21.6 Å². The molecule has 0 aromatic heterocycles. The van der Waals surface area contributed by atoms with Crippen LogP contribution in [0.5, 0.6) is 0 Å². The molecule has 20 heavy (non-hydrogen) atoms. The minimum Gasteiger partial charge on any atom is -0.447 e. The van der Waals surface area contributed by atoms with Crippen molar-refractivity contribution in [1.29, 1.82) is 5.26 Å². The van der Waals surface area contributed by atoms with Crippen molar-refractivity contribution in [3.63, 3.8) is 0 Å². The highest BCUT2D eigenvalue weighted by Gasteiger charge is 2.19. The lowest BCUT2D eigenvalue weighted by molar-refractivity contribution is -0.146. The van der Waals surface area contributed by atoms with Crippen LogP contribution in [0.15, 0.2) is 24.3 Å². The largest absolute Gasteiger partial charge is 0.447 e. The lowest BCUT2D eigenvalue weighted by atomic mass is 10.0. The van der Waals surface area contributed by atoms with Gasteiger partial charge in [-0.2, -0.15) is 5.26 Å². The number of halogens is 1. The Morgan fingerprint density at radius 3 is 2.50 bits per heavy atom. The number of esters is 1. The average Bonchev–Trinajstić information content (AvgIpc) is 2.38. The monoisotopic (exact) mass is 294 g/mol. The summed E-state index contributed by atoms with van der Waals surface area (Å²) in [7, 11) is 0. The zero-order valence-electron chi connectivity index (χ0n) is 11.2. The lowest BCUT2D eigenvalue weighted by Gasteiger charge is -2.18. The fourth-order valence-corrected chi connectivity index (χ4v) is 1.76. The number of nitrogens with zero attached hydrogens (tertiary/aromatic N) is 1. The molecule has 0 fully saturated rings. The van der Waals surface area contributed by atoms with Crippen molar-refractivity contribution < 1.29 is 14.3 Å². The Hall–Kier alpha value is -2.06. The molecule has 0 saturated carbocycles. The van der Waals surface area contributed by atoms with Gasteiger partial charge in [0.25, 0.3) is 0 Å². The summed E-state index contributed by atoms with van der Waals surface area (Å²) < 4.78 is 4.88. The minimum absolute atomic E-state index is 0.0484. The third-order valence-corrected chi connectivity index (χ3v) is 2.76. The first-order chi connectivity index (χ1) is 9.42. The van der Waals surface area contributed by atoms with Gasteiger partial charge >= 0.3 is 5.97 Å². The summed E-state index contributed by atoms with van der Waals surface area (Å²) in [4.78, 5) is 22.9. The van der Waals surface area contributed by atoms with Crippen LogP contribution in [-0.2, 0) is 14.3 Å². The van der Waals surface area contributed by atoms with E-state index in [1.165, 1.54) is 13.8 Å². The van der Waals surface area contributed by atoms with E-state index in [1.807, 2.05) is 6.07 Å². The summed E-state index contributed by atoms with van der Waals surface area (Å²) in [6.07, 6.45) is -0.863. The van der Waals surface area contributed by atoms with Crippen LogP contribution in [0.4, 0.5) is 0 Å². The fourth-order valence-electron chi connectivity index (χ4n) is 1.63. The minimum atomic E-state index is -0.814. The SMILES string of the molecule is CC(=O)NC(CC(=O)OC(C)C#N)c1ccc(Cl)cc1.